The summed E-state index contributed by atoms with van der Waals surface area (Å²) in [6.07, 6.45) is 4.37. The molecule has 148 valence electrons. The van der Waals surface area contributed by atoms with Gasteiger partial charge in [0.25, 0.3) is 0 Å². The van der Waals surface area contributed by atoms with Crippen molar-refractivity contribution in [1.82, 2.24) is 0 Å². The van der Waals surface area contributed by atoms with Crippen molar-refractivity contribution < 1.29 is 4.74 Å². The maximum absolute atomic E-state index is 5.92. The molecule has 3 heteroatoms. The molecule has 0 N–H and O–H groups in total. The second kappa shape index (κ2) is 9.83. The Morgan fingerprint density at radius 1 is 0.643 bits per heavy atom. The number of halogens is 1. The van der Waals surface area contributed by atoms with Crippen LogP contribution < -0.4 is 15.9 Å². The van der Waals surface area contributed by atoms with Crippen LogP contribution in [0.4, 0.5) is 0 Å². The molecule has 3 aromatic rings. The van der Waals surface area contributed by atoms with Crippen molar-refractivity contribution >= 4 is 36.7 Å². The normalized spacial score (nSPS) is 13.0. The van der Waals surface area contributed by atoms with Gasteiger partial charge in [0, 0.05) is 0 Å². The quantitative estimate of drug-likeness (QED) is 0.267. The summed E-state index contributed by atoms with van der Waals surface area (Å²) in [5.41, 5.74) is 0. The molecule has 0 fully saturated rings. The van der Waals surface area contributed by atoms with E-state index in [4.69, 9.17) is 4.74 Å². The van der Waals surface area contributed by atoms with Crippen molar-refractivity contribution in [2.75, 3.05) is 19.4 Å². The first-order valence-electron chi connectivity index (χ1n) is 10.2. The molecule has 0 unspecified atom stereocenters. The van der Waals surface area contributed by atoms with Crippen LogP contribution in [0.25, 0.3) is 0 Å². The third-order valence-corrected chi connectivity index (χ3v) is 15.4. The molecule has 28 heavy (non-hydrogen) atoms. The predicted octanol–water partition coefficient (Wildman–Crippen LogP) is 6.03. The van der Waals surface area contributed by atoms with Crippen molar-refractivity contribution in [3.8, 4) is 0 Å². The number of hydrogen-bond donors (Lipinski definition) is 0. The number of benzene rings is 3. The molecule has 0 aliphatic rings. The van der Waals surface area contributed by atoms with Gasteiger partial charge in [0.05, 0.1) is 0 Å². The van der Waals surface area contributed by atoms with E-state index in [1.54, 1.807) is 0 Å². The molecule has 0 aliphatic carbocycles. The van der Waals surface area contributed by atoms with Gasteiger partial charge in [-0.3, -0.25) is 0 Å². The summed E-state index contributed by atoms with van der Waals surface area (Å²) in [6, 6.07) is 32.9. The first kappa shape index (κ1) is 21.2. The van der Waals surface area contributed by atoms with Crippen LogP contribution in [0.15, 0.2) is 91.0 Å². The molecule has 0 spiro atoms. The molecule has 0 amide bonds. The monoisotopic (exact) mass is 456 g/mol. The number of ether oxygens (including phenoxy) is 1. The first-order valence-corrected chi connectivity index (χ1v) is 14.6. The second-order valence-corrected chi connectivity index (χ2v) is 16.3. The van der Waals surface area contributed by atoms with Gasteiger partial charge in [-0.05, 0) is 0 Å². The Labute approximate surface area is 177 Å². The van der Waals surface area contributed by atoms with Gasteiger partial charge in [0.15, 0.2) is 0 Å². The predicted molar refractivity (Wildman–Crippen MR) is 129 cm³/mol. The molecule has 0 radical (unpaired) electrons. The van der Waals surface area contributed by atoms with E-state index in [0.717, 1.165) is 32.2 Å². The summed E-state index contributed by atoms with van der Waals surface area (Å²) in [4.78, 5) is 0. The molecule has 0 bridgehead atoms. The SMILES string of the molecule is CCCCOCCCP(Br)(c1ccccc1)(c1ccccc1)c1ccccc1. The summed E-state index contributed by atoms with van der Waals surface area (Å²) in [5, 5.41) is 1.35. The Balaban J connectivity index is 2.08. The zero-order chi connectivity index (χ0) is 19.7. The van der Waals surface area contributed by atoms with Gasteiger partial charge < -0.3 is 0 Å². The van der Waals surface area contributed by atoms with Crippen LogP contribution >= 0.6 is 20.8 Å². The fourth-order valence-electron chi connectivity index (χ4n) is 3.86. The number of unbranched alkanes of at least 4 members (excludes halogenated alkanes) is 1. The fraction of sp³-hybridized carbons (Fsp3) is 0.280. The molecule has 3 rings (SSSR count). The van der Waals surface area contributed by atoms with E-state index in [1.165, 1.54) is 22.3 Å². The molecule has 0 atom stereocenters. The molecular formula is C25H30BrOP. The van der Waals surface area contributed by atoms with Crippen LogP contribution in [0.1, 0.15) is 26.2 Å². The molecule has 1 nitrogen and oxygen atoms in total. The van der Waals surface area contributed by atoms with Crippen molar-refractivity contribution in [1.29, 1.82) is 0 Å². The number of rotatable bonds is 10. The van der Waals surface area contributed by atoms with Crippen molar-refractivity contribution in [2.24, 2.45) is 0 Å². The standard InChI is InChI=1S/C25H30BrOP/c1-2-3-20-27-21-13-22-28(26,23-14-7-4-8-15-23,24-16-9-5-10-17-24)25-18-11-6-12-19-25/h4-12,14-19H,2-3,13,20-22H2,1H3. The van der Waals surface area contributed by atoms with Crippen LogP contribution in [0.3, 0.4) is 0 Å². The second-order valence-electron chi connectivity index (χ2n) is 7.23. The van der Waals surface area contributed by atoms with Gasteiger partial charge in [0.1, 0.15) is 0 Å². The molecule has 0 aliphatic heterocycles. The summed E-state index contributed by atoms with van der Waals surface area (Å²) in [6.45, 7) is 3.86. The maximum atomic E-state index is 5.92. The van der Waals surface area contributed by atoms with Gasteiger partial charge in [-0.2, -0.15) is 0 Å². The minimum atomic E-state index is -2.77. The van der Waals surface area contributed by atoms with Gasteiger partial charge in [-0.15, -0.1) is 0 Å². The van der Waals surface area contributed by atoms with Gasteiger partial charge >= 0.3 is 178 Å². The van der Waals surface area contributed by atoms with Crippen molar-refractivity contribution in [3.63, 3.8) is 0 Å². The van der Waals surface area contributed by atoms with Crippen molar-refractivity contribution in [2.45, 2.75) is 26.2 Å². The van der Waals surface area contributed by atoms with Crippen LogP contribution in [0.2, 0.25) is 0 Å². The molecule has 0 aromatic heterocycles. The third-order valence-electron chi connectivity index (χ3n) is 5.39. The third kappa shape index (κ3) is 4.25. The Hall–Kier alpha value is -1.47. The average Bonchev–Trinajstić information content (AvgIpc) is 2.78. The number of hydrogen-bond acceptors (Lipinski definition) is 1. The van der Waals surface area contributed by atoms with Gasteiger partial charge in [0.2, 0.25) is 0 Å². The van der Waals surface area contributed by atoms with Crippen LogP contribution in [0, 0.1) is 0 Å². The summed E-state index contributed by atoms with van der Waals surface area (Å²) >= 11 is 4.48. The van der Waals surface area contributed by atoms with Gasteiger partial charge in [-0.1, -0.05) is 0 Å². The average molecular weight is 457 g/mol. The van der Waals surface area contributed by atoms with Crippen LogP contribution in [-0.2, 0) is 4.74 Å². The first-order chi connectivity index (χ1) is 13.7. The topological polar surface area (TPSA) is 9.23 Å². The summed E-state index contributed by atoms with van der Waals surface area (Å²) < 4.78 is 5.92. The molecular weight excluding hydrogens is 427 g/mol. The van der Waals surface area contributed by atoms with E-state index in [2.05, 4.69) is 113 Å². The van der Waals surface area contributed by atoms with E-state index in [-0.39, 0.29) is 0 Å². The Morgan fingerprint density at radius 3 is 1.43 bits per heavy atom. The Morgan fingerprint density at radius 2 is 1.04 bits per heavy atom. The van der Waals surface area contributed by atoms with Gasteiger partial charge in [-0.25, -0.2) is 0 Å². The van der Waals surface area contributed by atoms with E-state index in [9.17, 15) is 0 Å². The van der Waals surface area contributed by atoms with E-state index in [1.807, 2.05) is 0 Å². The van der Waals surface area contributed by atoms with Crippen LogP contribution in [0.5, 0.6) is 0 Å². The van der Waals surface area contributed by atoms with Crippen LogP contribution in [-0.4, -0.2) is 19.4 Å². The fourth-order valence-corrected chi connectivity index (χ4v) is 11.5. The minimum absolute atomic E-state index is 0.802. The Kier molecular flexibility index (Phi) is 7.46. The zero-order valence-electron chi connectivity index (χ0n) is 16.6. The zero-order valence-corrected chi connectivity index (χ0v) is 19.1. The van der Waals surface area contributed by atoms with E-state index < -0.39 is 5.31 Å². The molecule has 0 heterocycles. The molecule has 0 saturated heterocycles. The summed E-state index contributed by atoms with van der Waals surface area (Å²) in [5.74, 6) is 0. The van der Waals surface area contributed by atoms with E-state index in [0.29, 0.717) is 0 Å². The Bertz CT molecular complexity index is 737. The van der Waals surface area contributed by atoms with E-state index >= 15 is 0 Å². The molecule has 0 saturated carbocycles. The van der Waals surface area contributed by atoms with Crippen molar-refractivity contribution in [3.05, 3.63) is 91.0 Å². The molecule has 3 aromatic carbocycles. The summed E-state index contributed by atoms with van der Waals surface area (Å²) in [7, 11) is 0.